The van der Waals surface area contributed by atoms with Gasteiger partial charge in [-0.05, 0) is 57.4 Å². The van der Waals surface area contributed by atoms with Gasteiger partial charge >= 0.3 is 0 Å². The minimum absolute atomic E-state index is 0.160. The predicted octanol–water partition coefficient (Wildman–Crippen LogP) is 2.46. The van der Waals surface area contributed by atoms with Gasteiger partial charge in [0, 0.05) is 22.8 Å². The summed E-state index contributed by atoms with van der Waals surface area (Å²) >= 11 is 0. The maximum atomic E-state index is 13.7. The number of phenols is 1. The van der Waals surface area contributed by atoms with Crippen LogP contribution in [0.25, 0.3) is 0 Å². The van der Waals surface area contributed by atoms with Gasteiger partial charge in [-0.2, -0.15) is 0 Å². The zero-order valence-electron chi connectivity index (χ0n) is 18.6. The fraction of sp³-hybridized carbons (Fsp3) is 0.400. The number of carbonyl (C=O) groups is 3. The molecule has 3 aliphatic heterocycles. The van der Waals surface area contributed by atoms with Crippen molar-refractivity contribution >= 4 is 23.4 Å². The summed E-state index contributed by atoms with van der Waals surface area (Å²) in [7, 11) is 0. The lowest BCUT2D eigenvalue weighted by Crippen LogP contribution is -2.56. The molecule has 3 amide bonds. The number of carbonyl (C=O) groups excluding carboxylic acids is 3. The fourth-order valence-corrected chi connectivity index (χ4v) is 5.70. The number of likely N-dealkylation sites (tertiary alicyclic amines) is 1. The first kappa shape index (κ1) is 20.7. The molecule has 3 N–H and O–H groups in total. The molecular formula is C25H27N3O4. The Morgan fingerprint density at radius 1 is 1.03 bits per heavy atom. The van der Waals surface area contributed by atoms with Crippen molar-refractivity contribution in [3.8, 4) is 5.75 Å². The molecular weight excluding hydrogens is 406 g/mol. The van der Waals surface area contributed by atoms with Gasteiger partial charge in [-0.3, -0.25) is 24.6 Å². The van der Waals surface area contributed by atoms with Crippen LogP contribution in [-0.4, -0.2) is 39.3 Å². The minimum Gasteiger partial charge on any atom is -0.508 e. The summed E-state index contributed by atoms with van der Waals surface area (Å²) in [4.78, 5) is 42.2. The van der Waals surface area contributed by atoms with Gasteiger partial charge in [0.1, 0.15) is 11.3 Å². The second-order valence-electron chi connectivity index (χ2n) is 10.1. The zero-order chi connectivity index (χ0) is 23.0. The predicted molar refractivity (Wildman–Crippen MR) is 119 cm³/mol. The van der Waals surface area contributed by atoms with E-state index in [2.05, 4.69) is 10.6 Å². The van der Waals surface area contributed by atoms with Crippen LogP contribution in [0.2, 0.25) is 0 Å². The Labute approximate surface area is 186 Å². The van der Waals surface area contributed by atoms with Crippen LogP contribution in [0.15, 0.2) is 42.5 Å². The number of aromatic hydroxyl groups is 1. The number of nitrogens with one attached hydrogen (secondary N) is 2. The fourth-order valence-electron chi connectivity index (χ4n) is 5.70. The van der Waals surface area contributed by atoms with E-state index in [9.17, 15) is 19.5 Å². The van der Waals surface area contributed by atoms with E-state index in [1.54, 1.807) is 24.3 Å². The average Bonchev–Trinajstić information content (AvgIpc) is 3.29. The Balaban J connectivity index is 1.66. The van der Waals surface area contributed by atoms with Gasteiger partial charge in [0.25, 0.3) is 0 Å². The Kier molecular flexibility index (Phi) is 4.30. The lowest BCUT2D eigenvalue weighted by molar-refractivity contribution is -0.147. The SMILES string of the molecule is Cc1cccc2c1NC(=O)[C@@]21N[C@@H](Cc2ccc(O)cc2)[C@H]2C(=O)N(C(C)(C)C)C(=O)[C@H]21. The molecule has 0 saturated carbocycles. The van der Waals surface area contributed by atoms with Gasteiger partial charge < -0.3 is 10.4 Å². The number of nitrogens with zero attached hydrogens (tertiary/aromatic N) is 1. The van der Waals surface area contributed by atoms with Gasteiger partial charge in [0.2, 0.25) is 17.7 Å². The maximum Gasteiger partial charge on any atom is 0.250 e. The van der Waals surface area contributed by atoms with Crippen molar-refractivity contribution in [3.63, 3.8) is 0 Å². The Hall–Kier alpha value is -3.19. The summed E-state index contributed by atoms with van der Waals surface area (Å²) in [5.74, 6) is -2.16. The summed E-state index contributed by atoms with van der Waals surface area (Å²) < 4.78 is 0. The number of anilines is 1. The number of phenolic OH excluding ortho intramolecular Hbond substituents is 1. The molecule has 1 spiro atoms. The first-order valence-corrected chi connectivity index (χ1v) is 10.9. The molecule has 0 bridgehead atoms. The maximum absolute atomic E-state index is 13.7. The molecule has 2 aromatic rings. The molecule has 166 valence electrons. The molecule has 2 aromatic carbocycles. The Morgan fingerprint density at radius 2 is 1.72 bits per heavy atom. The third-order valence-corrected chi connectivity index (χ3v) is 7.02. The molecule has 0 aromatic heterocycles. The number of fused-ring (bicyclic) bond motifs is 4. The number of benzene rings is 2. The highest BCUT2D eigenvalue weighted by Gasteiger charge is 2.71. The van der Waals surface area contributed by atoms with Crippen molar-refractivity contribution in [2.45, 2.75) is 51.2 Å². The largest absolute Gasteiger partial charge is 0.508 e. The molecule has 4 atom stereocenters. The minimum atomic E-state index is -1.29. The van der Waals surface area contributed by atoms with Crippen molar-refractivity contribution in [1.29, 1.82) is 0 Å². The lowest BCUT2D eigenvalue weighted by Gasteiger charge is -2.34. The van der Waals surface area contributed by atoms with Crippen LogP contribution in [0.3, 0.4) is 0 Å². The quantitative estimate of drug-likeness (QED) is 0.632. The van der Waals surface area contributed by atoms with Gasteiger partial charge in [-0.25, -0.2) is 0 Å². The first-order chi connectivity index (χ1) is 15.1. The highest BCUT2D eigenvalue weighted by atomic mass is 16.3. The number of hydrogen-bond acceptors (Lipinski definition) is 5. The molecule has 0 aliphatic carbocycles. The van der Waals surface area contributed by atoms with E-state index >= 15 is 0 Å². The topological polar surface area (TPSA) is 98.7 Å². The van der Waals surface area contributed by atoms with Crippen LogP contribution in [0.5, 0.6) is 5.75 Å². The standard InChI is InChI=1S/C25H27N3O4/c1-13-6-5-7-16-20(13)26-23(32)25(16)19-18(21(30)28(22(19)31)24(2,3)4)17(27-25)12-14-8-10-15(29)11-9-14/h5-11,17-19,27,29H,12H2,1-4H3,(H,26,32)/t17-,18+,19-,25+/m0/s1. The molecule has 0 unspecified atom stereocenters. The molecule has 3 aliphatic rings. The van der Waals surface area contributed by atoms with Crippen molar-refractivity contribution in [2.75, 3.05) is 5.32 Å². The smallest absolute Gasteiger partial charge is 0.250 e. The summed E-state index contributed by atoms with van der Waals surface area (Å²) in [5, 5.41) is 16.1. The Morgan fingerprint density at radius 3 is 2.38 bits per heavy atom. The summed E-state index contributed by atoms with van der Waals surface area (Å²) in [5.41, 5.74) is 1.28. The second kappa shape index (κ2) is 6.65. The zero-order valence-corrected chi connectivity index (χ0v) is 18.6. The van der Waals surface area contributed by atoms with Gasteiger partial charge in [0.15, 0.2) is 0 Å². The monoisotopic (exact) mass is 433 g/mol. The van der Waals surface area contributed by atoms with Crippen LogP contribution in [0.4, 0.5) is 5.69 Å². The van der Waals surface area contributed by atoms with E-state index in [1.807, 2.05) is 45.9 Å². The van der Waals surface area contributed by atoms with Crippen LogP contribution in [0.1, 0.15) is 37.5 Å². The molecule has 32 heavy (non-hydrogen) atoms. The van der Waals surface area contributed by atoms with Crippen LogP contribution in [0, 0.1) is 18.8 Å². The van der Waals surface area contributed by atoms with Gasteiger partial charge in [-0.1, -0.05) is 30.3 Å². The third kappa shape index (κ3) is 2.67. The number of para-hydroxylation sites is 1. The molecule has 7 heteroatoms. The second-order valence-corrected chi connectivity index (χ2v) is 10.1. The number of amides is 3. The van der Waals surface area contributed by atoms with E-state index in [1.165, 1.54) is 4.90 Å². The van der Waals surface area contributed by atoms with Crippen molar-refractivity contribution < 1.29 is 19.5 Å². The number of rotatable bonds is 2. The third-order valence-electron chi connectivity index (χ3n) is 7.02. The van der Waals surface area contributed by atoms with Crippen LogP contribution in [-0.2, 0) is 26.3 Å². The molecule has 5 rings (SSSR count). The molecule has 2 fully saturated rings. The van der Waals surface area contributed by atoms with Crippen molar-refractivity contribution in [1.82, 2.24) is 10.2 Å². The van der Waals surface area contributed by atoms with E-state index in [0.717, 1.165) is 16.7 Å². The number of imide groups is 1. The highest BCUT2D eigenvalue weighted by Crippen LogP contribution is 2.54. The number of hydrogen-bond donors (Lipinski definition) is 3. The Bertz CT molecular complexity index is 1150. The molecule has 7 nitrogen and oxygen atoms in total. The molecule has 0 radical (unpaired) electrons. The normalized spacial score (nSPS) is 28.9. The van der Waals surface area contributed by atoms with E-state index < -0.39 is 29.0 Å². The van der Waals surface area contributed by atoms with Crippen LogP contribution < -0.4 is 10.6 Å². The van der Waals surface area contributed by atoms with Gasteiger partial charge in [-0.15, -0.1) is 0 Å². The number of aryl methyl sites for hydroxylation is 1. The van der Waals surface area contributed by atoms with E-state index in [-0.39, 0.29) is 23.5 Å². The van der Waals surface area contributed by atoms with Crippen molar-refractivity contribution in [3.05, 3.63) is 59.2 Å². The van der Waals surface area contributed by atoms with Crippen molar-refractivity contribution in [2.24, 2.45) is 11.8 Å². The van der Waals surface area contributed by atoms with Crippen LogP contribution >= 0.6 is 0 Å². The molecule has 3 heterocycles. The summed E-state index contributed by atoms with van der Waals surface area (Å²) in [6.45, 7) is 7.44. The molecule has 2 saturated heterocycles. The average molecular weight is 434 g/mol. The first-order valence-electron chi connectivity index (χ1n) is 10.9. The lowest BCUT2D eigenvalue weighted by atomic mass is 9.76. The highest BCUT2D eigenvalue weighted by molar-refractivity contribution is 6.15. The summed E-state index contributed by atoms with van der Waals surface area (Å²) in [6, 6.07) is 12.0. The van der Waals surface area contributed by atoms with Gasteiger partial charge in [0.05, 0.1) is 11.8 Å². The van der Waals surface area contributed by atoms with E-state index in [0.29, 0.717) is 12.1 Å². The van der Waals surface area contributed by atoms with E-state index in [4.69, 9.17) is 0 Å². The summed E-state index contributed by atoms with van der Waals surface area (Å²) in [6.07, 6.45) is 0.453.